The van der Waals surface area contributed by atoms with Crippen LogP contribution in [0.5, 0.6) is 11.5 Å². The zero-order chi connectivity index (χ0) is 27.7. The van der Waals surface area contributed by atoms with Crippen molar-refractivity contribution in [2.24, 2.45) is 5.10 Å². The molecule has 40 heavy (non-hydrogen) atoms. The Balaban J connectivity index is 1.20. The predicted molar refractivity (Wildman–Crippen MR) is 161 cm³/mol. The average Bonchev–Trinajstić information content (AvgIpc) is 3.34. The molecule has 0 saturated heterocycles. The van der Waals surface area contributed by atoms with Gasteiger partial charge < -0.3 is 14.0 Å². The van der Waals surface area contributed by atoms with Gasteiger partial charge >= 0.3 is 0 Å². The quantitative estimate of drug-likeness (QED) is 0.110. The maximum atomic E-state index is 12.6. The Morgan fingerprint density at radius 1 is 1.00 bits per heavy atom. The normalized spacial score (nSPS) is 11.2. The molecule has 9 heteroatoms. The van der Waals surface area contributed by atoms with Crippen molar-refractivity contribution in [1.82, 2.24) is 15.0 Å². The minimum absolute atomic E-state index is 0.152. The van der Waals surface area contributed by atoms with Gasteiger partial charge in [-0.3, -0.25) is 4.79 Å². The van der Waals surface area contributed by atoms with Crippen LogP contribution in [0.2, 0.25) is 5.02 Å². The molecule has 5 rings (SSSR count). The summed E-state index contributed by atoms with van der Waals surface area (Å²) in [5.74, 6) is 1.12. The summed E-state index contributed by atoms with van der Waals surface area (Å²) in [5, 5.41) is 5.54. The third kappa shape index (κ3) is 6.83. The van der Waals surface area contributed by atoms with Crippen LogP contribution in [0.4, 0.5) is 0 Å². The van der Waals surface area contributed by atoms with E-state index >= 15 is 0 Å². The van der Waals surface area contributed by atoms with Crippen molar-refractivity contribution in [1.29, 1.82) is 0 Å². The first-order valence-electron chi connectivity index (χ1n) is 12.6. The molecule has 0 fully saturated rings. The lowest BCUT2D eigenvalue weighted by Gasteiger charge is -2.11. The molecule has 4 aromatic carbocycles. The van der Waals surface area contributed by atoms with Gasteiger partial charge in [0, 0.05) is 5.02 Å². The number of methoxy groups -OCH3 is 1. The highest BCUT2D eigenvalue weighted by Crippen LogP contribution is 2.29. The third-order valence-corrected chi connectivity index (χ3v) is 7.41. The van der Waals surface area contributed by atoms with Gasteiger partial charge in [-0.05, 0) is 53.1 Å². The van der Waals surface area contributed by atoms with Gasteiger partial charge in [-0.1, -0.05) is 84.0 Å². The highest BCUT2D eigenvalue weighted by molar-refractivity contribution is 7.99. The van der Waals surface area contributed by atoms with E-state index < -0.39 is 0 Å². The van der Waals surface area contributed by atoms with Crippen LogP contribution in [-0.4, -0.2) is 34.5 Å². The number of hydrazone groups is 1. The molecule has 1 N–H and O–H groups in total. The molecule has 1 heterocycles. The van der Waals surface area contributed by atoms with E-state index in [-0.39, 0.29) is 11.7 Å². The fourth-order valence-corrected chi connectivity index (χ4v) is 5.08. The number of ether oxygens (including phenoxy) is 2. The highest BCUT2D eigenvalue weighted by Gasteiger charge is 2.14. The lowest BCUT2D eigenvalue weighted by atomic mass is 10.2. The molecule has 0 atom stereocenters. The smallest absolute Gasteiger partial charge is 0.250 e. The zero-order valence-electron chi connectivity index (χ0n) is 21.8. The molecule has 0 saturated carbocycles. The number of para-hydroxylation sites is 2. The van der Waals surface area contributed by atoms with Crippen LogP contribution in [0.1, 0.15) is 16.7 Å². The second-order valence-electron chi connectivity index (χ2n) is 8.83. The van der Waals surface area contributed by atoms with Gasteiger partial charge in [0.25, 0.3) is 5.91 Å². The molecule has 0 unspecified atom stereocenters. The lowest BCUT2D eigenvalue weighted by molar-refractivity contribution is -0.118. The number of hydrogen-bond donors (Lipinski definition) is 1. The molecule has 0 aliphatic rings. The highest BCUT2D eigenvalue weighted by atomic mass is 35.5. The predicted octanol–water partition coefficient (Wildman–Crippen LogP) is 6.57. The van der Waals surface area contributed by atoms with Gasteiger partial charge in [-0.15, -0.1) is 0 Å². The Morgan fingerprint density at radius 2 is 1.77 bits per heavy atom. The lowest BCUT2D eigenvalue weighted by Crippen LogP contribution is -2.20. The van der Waals surface area contributed by atoms with Crippen LogP contribution in [0.25, 0.3) is 11.0 Å². The number of rotatable bonds is 11. The standard InChI is InChI=1S/C31H27ClN4O3S/c1-38-29-17-23(15-16-28(29)39-20-22-9-3-2-4-10-22)18-33-35-30(37)21-40-31-34-26-13-7-8-14-27(26)36(31)19-24-11-5-6-12-25(24)32/h2-18H,19-21H2,1H3,(H,35,37)/b33-18-. The maximum Gasteiger partial charge on any atom is 0.250 e. The van der Waals surface area contributed by atoms with E-state index in [1.54, 1.807) is 13.3 Å². The van der Waals surface area contributed by atoms with Crippen molar-refractivity contribution in [2.45, 2.75) is 18.3 Å². The van der Waals surface area contributed by atoms with Gasteiger partial charge in [0.05, 0.1) is 36.7 Å². The fourth-order valence-electron chi connectivity index (χ4n) is 4.07. The summed E-state index contributed by atoms with van der Waals surface area (Å²) in [6, 6.07) is 31.0. The number of amides is 1. The first-order chi connectivity index (χ1) is 19.6. The number of carbonyl (C=O) groups is 1. The molecule has 0 aliphatic carbocycles. The van der Waals surface area contributed by atoms with Crippen molar-refractivity contribution >= 4 is 46.5 Å². The molecule has 7 nitrogen and oxygen atoms in total. The van der Waals surface area contributed by atoms with Gasteiger partial charge in [0.2, 0.25) is 0 Å². The van der Waals surface area contributed by atoms with Crippen molar-refractivity contribution in [3.63, 3.8) is 0 Å². The van der Waals surface area contributed by atoms with Crippen LogP contribution >= 0.6 is 23.4 Å². The molecular formula is C31H27ClN4O3S. The number of halogens is 1. The molecule has 0 radical (unpaired) electrons. The largest absolute Gasteiger partial charge is 0.493 e. The summed E-state index contributed by atoms with van der Waals surface area (Å²) in [7, 11) is 1.59. The SMILES string of the molecule is COc1cc(/C=N\NC(=O)CSc2nc3ccccc3n2Cc2ccccc2Cl)ccc1OCc1ccccc1. The zero-order valence-corrected chi connectivity index (χ0v) is 23.4. The van der Waals surface area contributed by atoms with Gasteiger partial charge in [-0.2, -0.15) is 5.10 Å². The molecule has 5 aromatic rings. The first kappa shape index (κ1) is 27.3. The monoisotopic (exact) mass is 570 g/mol. The number of imidazole rings is 1. The first-order valence-corrected chi connectivity index (χ1v) is 13.9. The van der Waals surface area contributed by atoms with Crippen LogP contribution in [0.3, 0.4) is 0 Å². The molecule has 0 aliphatic heterocycles. The van der Waals surface area contributed by atoms with E-state index in [2.05, 4.69) is 15.1 Å². The van der Waals surface area contributed by atoms with Crippen molar-refractivity contribution in [2.75, 3.05) is 12.9 Å². The van der Waals surface area contributed by atoms with Gasteiger partial charge in [0.15, 0.2) is 16.7 Å². The van der Waals surface area contributed by atoms with E-state index in [1.165, 1.54) is 11.8 Å². The molecule has 0 spiro atoms. The number of thioether (sulfide) groups is 1. The fraction of sp³-hybridized carbons (Fsp3) is 0.129. The van der Waals surface area contributed by atoms with Crippen LogP contribution in [0, 0.1) is 0 Å². The van der Waals surface area contributed by atoms with Crippen LogP contribution in [-0.2, 0) is 17.9 Å². The summed E-state index contributed by atoms with van der Waals surface area (Å²) in [4.78, 5) is 17.3. The number of hydrogen-bond acceptors (Lipinski definition) is 6. The Hall–Kier alpha value is -4.27. The van der Waals surface area contributed by atoms with Crippen LogP contribution < -0.4 is 14.9 Å². The van der Waals surface area contributed by atoms with E-state index in [4.69, 9.17) is 26.1 Å². The molecule has 1 amide bonds. The second kappa shape index (κ2) is 13.2. The minimum Gasteiger partial charge on any atom is -0.493 e. The minimum atomic E-state index is -0.243. The Kier molecular flexibility index (Phi) is 9.00. The van der Waals surface area contributed by atoms with E-state index in [0.29, 0.717) is 29.7 Å². The van der Waals surface area contributed by atoms with Crippen molar-refractivity contribution in [3.05, 3.63) is 119 Å². The number of nitrogens with one attached hydrogen (secondary N) is 1. The van der Waals surface area contributed by atoms with Crippen molar-refractivity contribution < 1.29 is 14.3 Å². The van der Waals surface area contributed by atoms with Crippen LogP contribution in [0.15, 0.2) is 107 Å². The average molecular weight is 571 g/mol. The van der Waals surface area contributed by atoms with Gasteiger partial charge in [-0.25, -0.2) is 10.4 Å². The Bertz CT molecular complexity index is 1640. The van der Waals surface area contributed by atoms with Gasteiger partial charge in [0.1, 0.15) is 6.61 Å². The number of nitrogens with zero attached hydrogens (tertiary/aromatic N) is 3. The van der Waals surface area contributed by atoms with E-state index in [1.807, 2.05) is 97.1 Å². The Labute approximate surface area is 241 Å². The third-order valence-electron chi connectivity index (χ3n) is 6.07. The topological polar surface area (TPSA) is 77.7 Å². The molecule has 0 bridgehead atoms. The number of fused-ring (bicyclic) bond motifs is 1. The van der Waals surface area contributed by atoms with Crippen molar-refractivity contribution in [3.8, 4) is 11.5 Å². The molecule has 202 valence electrons. The molecule has 1 aromatic heterocycles. The second-order valence-corrected chi connectivity index (χ2v) is 10.2. The number of carbonyl (C=O) groups excluding carboxylic acids is 1. The summed E-state index contributed by atoms with van der Waals surface area (Å²) in [5.41, 5.74) is 7.24. The summed E-state index contributed by atoms with van der Waals surface area (Å²) < 4.78 is 13.5. The summed E-state index contributed by atoms with van der Waals surface area (Å²) in [6.45, 7) is 0.986. The maximum absolute atomic E-state index is 12.6. The number of benzene rings is 4. The molecular weight excluding hydrogens is 544 g/mol. The number of aromatic nitrogens is 2. The Morgan fingerprint density at radius 3 is 2.60 bits per heavy atom. The summed E-state index contributed by atoms with van der Waals surface area (Å²) >= 11 is 7.76. The van der Waals surface area contributed by atoms with E-state index in [9.17, 15) is 4.79 Å². The summed E-state index contributed by atoms with van der Waals surface area (Å²) in [6.07, 6.45) is 1.57. The van der Waals surface area contributed by atoms with E-state index in [0.717, 1.165) is 32.9 Å².